The third kappa shape index (κ3) is 4.20. The summed E-state index contributed by atoms with van der Waals surface area (Å²) < 4.78 is 34.9. The second-order valence-corrected chi connectivity index (χ2v) is 10.9. The molecule has 5 atom stereocenters. The lowest BCUT2D eigenvalue weighted by atomic mass is 9.99. The quantitative estimate of drug-likeness (QED) is 0.394. The summed E-state index contributed by atoms with van der Waals surface area (Å²) in [5.41, 5.74) is 3.50. The molecule has 0 bridgehead atoms. The maximum Gasteiger partial charge on any atom is 0.190 e. The molecule has 198 valence electrons. The van der Waals surface area contributed by atoms with E-state index < -0.39 is 17.9 Å². The summed E-state index contributed by atoms with van der Waals surface area (Å²) in [6.07, 6.45) is 1.80. The molecule has 11 nitrogen and oxygen atoms in total. The van der Waals surface area contributed by atoms with Gasteiger partial charge in [0.15, 0.2) is 23.7 Å². The van der Waals surface area contributed by atoms with Gasteiger partial charge in [0.2, 0.25) is 0 Å². The normalized spacial score (nSPS) is 29.4. The standard InChI is InChI=1S/C27H30N6O5/c1-26(2)35-21-20(34-25-23(22(21)36-26)37-27(3,4)38-25)15-32-13-16(30-31-32)14-33-19-11-6-5-9-17(19)29-24(33)18-10-7-8-12-28-18/h5-13,20-23,25H,14-15H2,1-4H3/t20-,21+,22+,23-,25-/m1/s1. The number of pyridine rings is 1. The molecule has 0 aliphatic carbocycles. The van der Waals surface area contributed by atoms with E-state index in [0.717, 1.165) is 28.2 Å². The van der Waals surface area contributed by atoms with Crippen molar-refractivity contribution < 1.29 is 23.7 Å². The highest BCUT2D eigenvalue weighted by Crippen LogP contribution is 2.44. The number of aromatic nitrogens is 6. The van der Waals surface area contributed by atoms with Crippen molar-refractivity contribution >= 4 is 11.0 Å². The molecular weight excluding hydrogens is 488 g/mol. The van der Waals surface area contributed by atoms with Gasteiger partial charge in [0.05, 0.1) is 30.3 Å². The van der Waals surface area contributed by atoms with Gasteiger partial charge in [0, 0.05) is 6.20 Å². The van der Waals surface area contributed by atoms with Crippen LogP contribution in [0.25, 0.3) is 22.6 Å². The molecule has 3 aliphatic heterocycles. The maximum atomic E-state index is 6.34. The zero-order chi connectivity index (χ0) is 26.1. The molecule has 3 aromatic heterocycles. The van der Waals surface area contributed by atoms with Gasteiger partial charge in [-0.05, 0) is 52.0 Å². The van der Waals surface area contributed by atoms with Crippen molar-refractivity contribution in [2.24, 2.45) is 0 Å². The van der Waals surface area contributed by atoms with Crippen LogP contribution in [0.4, 0.5) is 0 Å². The third-order valence-corrected chi connectivity index (χ3v) is 7.07. The van der Waals surface area contributed by atoms with Crippen molar-refractivity contribution in [3.8, 4) is 11.5 Å². The summed E-state index contributed by atoms with van der Waals surface area (Å²) >= 11 is 0. The Morgan fingerprint density at radius 2 is 1.63 bits per heavy atom. The number of benzene rings is 1. The van der Waals surface area contributed by atoms with E-state index in [1.165, 1.54) is 0 Å². The van der Waals surface area contributed by atoms with Crippen LogP contribution in [0.1, 0.15) is 33.4 Å². The molecule has 3 fully saturated rings. The molecule has 3 aliphatic rings. The largest absolute Gasteiger partial charge is 0.342 e. The second-order valence-electron chi connectivity index (χ2n) is 10.9. The third-order valence-electron chi connectivity index (χ3n) is 7.07. The van der Waals surface area contributed by atoms with E-state index in [9.17, 15) is 0 Å². The predicted molar refractivity (Wildman–Crippen MR) is 135 cm³/mol. The van der Waals surface area contributed by atoms with Crippen molar-refractivity contribution in [2.45, 2.75) is 83.1 Å². The minimum Gasteiger partial charge on any atom is -0.342 e. The first-order chi connectivity index (χ1) is 18.2. The Bertz CT molecular complexity index is 1470. The Morgan fingerprint density at radius 1 is 0.868 bits per heavy atom. The molecular formula is C27H30N6O5. The average Bonchev–Trinajstić information content (AvgIpc) is 3.63. The van der Waals surface area contributed by atoms with E-state index in [4.69, 9.17) is 28.7 Å². The van der Waals surface area contributed by atoms with Gasteiger partial charge in [0.1, 0.15) is 35.8 Å². The number of rotatable bonds is 5. The minimum atomic E-state index is -0.760. The number of nitrogens with zero attached hydrogens (tertiary/aromatic N) is 6. The maximum absolute atomic E-state index is 6.34. The summed E-state index contributed by atoms with van der Waals surface area (Å²) in [6, 6.07) is 13.9. The Hall–Kier alpha value is -3.22. The topological polar surface area (TPSA) is 108 Å². The van der Waals surface area contributed by atoms with Gasteiger partial charge < -0.3 is 28.3 Å². The lowest BCUT2D eigenvalue weighted by Crippen LogP contribution is -2.56. The van der Waals surface area contributed by atoms with Crippen LogP contribution in [0, 0.1) is 0 Å². The summed E-state index contributed by atoms with van der Waals surface area (Å²) in [5.74, 6) is -0.727. The van der Waals surface area contributed by atoms with Gasteiger partial charge in [0.25, 0.3) is 0 Å². The summed E-state index contributed by atoms with van der Waals surface area (Å²) in [5, 5.41) is 8.87. The lowest BCUT2D eigenvalue weighted by molar-refractivity contribution is -0.236. The highest BCUT2D eigenvalue weighted by Gasteiger charge is 2.60. The van der Waals surface area contributed by atoms with E-state index in [1.807, 2.05) is 70.3 Å². The molecule has 0 N–H and O–H groups in total. The second kappa shape index (κ2) is 8.65. The first-order valence-electron chi connectivity index (χ1n) is 12.9. The van der Waals surface area contributed by atoms with Crippen LogP contribution in [-0.2, 0) is 36.8 Å². The number of hydrogen-bond acceptors (Lipinski definition) is 9. The zero-order valence-corrected chi connectivity index (χ0v) is 21.7. The Balaban J connectivity index is 1.15. The predicted octanol–water partition coefficient (Wildman–Crippen LogP) is 3.13. The smallest absolute Gasteiger partial charge is 0.190 e. The monoisotopic (exact) mass is 518 g/mol. The van der Waals surface area contributed by atoms with E-state index in [1.54, 1.807) is 10.9 Å². The van der Waals surface area contributed by atoms with Gasteiger partial charge in [-0.15, -0.1) is 5.10 Å². The first-order valence-corrected chi connectivity index (χ1v) is 12.9. The number of para-hydroxylation sites is 2. The van der Waals surface area contributed by atoms with Crippen LogP contribution < -0.4 is 0 Å². The molecule has 38 heavy (non-hydrogen) atoms. The fourth-order valence-corrected chi connectivity index (χ4v) is 5.61. The van der Waals surface area contributed by atoms with Crippen LogP contribution in [0.3, 0.4) is 0 Å². The molecule has 0 spiro atoms. The van der Waals surface area contributed by atoms with Crippen molar-refractivity contribution in [3.63, 3.8) is 0 Å². The molecule has 4 aromatic rings. The van der Waals surface area contributed by atoms with Gasteiger partial charge in [-0.3, -0.25) is 4.98 Å². The fraction of sp³-hybridized carbons (Fsp3) is 0.481. The number of imidazole rings is 1. The number of fused-ring (bicyclic) bond motifs is 4. The van der Waals surface area contributed by atoms with Gasteiger partial charge >= 0.3 is 0 Å². The molecule has 0 unspecified atom stereocenters. The molecule has 6 heterocycles. The molecule has 7 rings (SSSR count). The van der Waals surface area contributed by atoms with Crippen molar-refractivity contribution in [1.82, 2.24) is 29.5 Å². The minimum absolute atomic E-state index is 0.309. The highest BCUT2D eigenvalue weighted by atomic mass is 16.9. The molecule has 0 amide bonds. The Morgan fingerprint density at radius 3 is 2.47 bits per heavy atom. The van der Waals surface area contributed by atoms with Crippen LogP contribution in [-0.4, -0.2) is 71.8 Å². The van der Waals surface area contributed by atoms with Crippen LogP contribution in [0.2, 0.25) is 0 Å². The number of hydrogen-bond donors (Lipinski definition) is 0. The molecule has 11 heteroatoms. The van der Waals surface area contributed by atoms with E-state index in [-0.39, 0.29) is 24.4 Å². The van der Waals surface area contributed by atoms with E-state index in [0.29, 0.717) is 13.1 Å². The molecule has 1 aromatic carbocycles. The van der Waals surface area contributed by atoms with Crippen LogP contribution in [0.15, 0.2) is 54.9 Å². The number of ether oxygens (including phenoxy) is 5. The highest BCUT2D eigenvalue weighted by molar-refractivity contribution is 5.80. The van der Waals surface area contributed by atoms with Crippen molar-refractivity contribution in [2.75, 3.05) is 0 Å². The zero-order valence-electron chi connectivity index (χ0n) is 21.7. The SMILES string of the molecule is CC1(C)O[C@H]2[C@@H](O1)[C@@H](Cn1cc(Cn3c(-c4ccccn4)nc4ccccc43)nn1)O[C@@H]1OC(C)(C)O[C@@H]12. The van der Waals surface area contributed by atoms with Crippen LogP contribution >= 0.6 is 0 Å². The lowest BCUT2D eigenvalue weighted by Gasteiger charge is -2.37. The van der Waals surface area contributed by atoms with Gasteiger partial charge in [-0.1, -0.05) is 23.4 Å². The van der Waals surface area contributed by atoms with Crippen molar-refractivity contribution in [1.29, 1.82) is 0 Å². The van der Waals surface area contributed by atoms with Gasteiger partial charge in [-0.25, -0.2) is 9.67 Å². The first kappa shape index (κ1) is 23.9. The average molecular weight is 519 g/mol. The van der Waals surface area contributed by atoms with Crippen molar-refractivity contribution in [3.05, 3.63) is 60.6 Å². The van der Waals surface area contributed by atoms with Gasteiger partial charge in [-0.2, -0.15) is 0 Å². The summed E-state index contributed by atoms with van der Waals surface area (Å²) in [6.45, 7) is 8.48. The van der Waals surface area contributed by atoms with E-state index in [2.05, 4.69) is 25.9 Å². The summed E-state index contributed by atoms with van der Waals surface area (Å²) in [7, 11) is 0. The molecule has 0 radical (unpaired) electrons. The summed E-state index contributed by atoms with van der Waals surface area (Å²) in [4.78, 5) is 9.36. The molecule has 3 saturated heterocycles. The van der Waals surface area contributed by atoms with E-state index >= 15 is 0 Å². The Labute approximate surface area is 219 Å². The fourth-order valence-electron chi connectivity index (χ4n) is 5.61. The molecule has 0 saturated carbocycles. The van der Waals surface area contributed by atoms with Crippen LogP contribution in [0.5, 0.6) is 0 Å². The Kier molecular flexibility index (Phi) is 5.43.